The molecule has 0 saturated heterocycles. The third-order valence-electron chi connectivity index (χ3n) is 5.19. The van der Waals surface area contributed by atoms with Gasteiger partial charge >= 0.3 is 0 Å². The van der Waals surface area contributed by atoms with Gasteiger partial charge in [-0.25, -0.2) is 0 Å². The SMILES string of the molecule is COc1cccc(OC)c1C(=O)P(=O)(CCC(C)C)C1CCCCC1. The van der Waals surface area contributed by atoms with E-state index >= 15 is 0 Å². The molecule has 0 radical (unpaired) electrons. The molecular weight excluding hydrogens is 335 g/mol. The summed E-state index contributed by atoms with van der Waals surface area (Å²) >= 11 is 0. The molecule has 0 bridgehead atoms. The minimum absolute atomic E-state index is 0.00196. The molecule has 4 nitrogen and oxygen atoms in total. The summed E-state index contributed by atoms with van der Waals surface area (Å²) in [5.41, 5.74) is 0.0987. The first-order valence-electron chi connectivity index (χ1n) is 9.28. The molecule has 0 amide bonds. The van der Waals surface area contributed by atoms with Crippen LogP contribution >= 0.6 is 7.14 Å². The normalized spacial score (nSPS) is 18.0. The van der Waals surface area contributed by atoms with Gasteiger partial charge in [0.2, 0.25) is 5.52 Å². The largest absolute Gasteiger partial charge is 0.496 e. The van der Waals surface area contributed by atoms with Crippen molar-refractivity contribution in [2.24, 2.45) is 5.92 Å². The quantitative estimate of drug-likeness (QED) is 0.563. The van der Waals surface area contributed by atoms with Crippen LogP contribution in [0.5, 0.6) is 11.5 Å². The Bertz CT molecular complexity index is 610. The van der Waals surface area contributed by atoms with Gasteiger partial charge in [0.25, 0.3) is 0 Å². The van der Waals surface area contributed by atoms with Crippen LogP contribution in [0.25, 0.3) is 0 Å². The Hall–Kier alpha value is -1.28. The topological polar surface area (TPSA) is 52.6 Å². The standard InChI is InChI=1S/C20H31O4P/c1-15(2)13-14-25(22,16-9-6-5-7-10-16)20(21)19-17(23-3)11-8-12-18(19)24-4/h8,11-12,15-16H,5-7,9-10,13-14H2,1-4H3. The van der Waals surface area contributed by atoms with Gasteiger partial charge in [0.15, 0.2) is 7.14 Å². The lowest BCUT2D eigenvalue weighted by Gasteiger charge is -2.31. The fourth-order valence-electron chi connectivity index (χ4n) is 3.65. The minimum atomic E-state index is -3.04. The van der Waals surface area contributed by atoms with Crippen molar-refractivity contribution in [3.8, 4) is 11.5 Å². The molecule has 1 aliphatic rings. The predicted octanol–water partition coefficient (Wildman–Crippen LogP) is 5.59. The molecule has 1 unspecified atom stereocenters. The Morgan fingerprint density at radius 2 is 1.68 bits per heavy atom. The maximum atomic E-state index is 14.0. The Balaban J connectivity index is 2.46. The molecule has 1 aliphatic carbocycles. The Morgan fingerprint density at radius 1 is 1.12 bits per heavy atom. The zero-order valence-corrected chi connectivity index (χ0v) is 16.8. The molecule has 0 heterocycles. The Kier molecular flexibility index (Phi) is 7.13. The highest BCUT2D eigenvalue weighted by Gasteiger charge is 2.42. The number of rotatable bonds is 8. The van der Waals surface area contributed by atoms with Crippen LogP contribution in [0.1, 0.15) is 62.7 Å². The first-order valence-corrected chi connectivity index (χ1v) is 11.2. The van der Waals surface area contributed by atoms with Crippen molar-refractivity contribution in [2.75, 3.05) is 20.4 Å². The molecule has 0 aromatic heterocycles. The van der Waals surface area contributed by atoms with Gasteiger partial charge in [-0.15, -0.1) is 0 Å². The lowest BCUT2D eigenvalue weighted by atomic mass is 10.0. The van der Waals surface area contributed by atoms with Crippen molar-refractivity contribution in [2.45, 2.75) is 58.0 Å². The molecule has 1 fully saturated rings. The van der Waals surface area contributed by atoms with Crippen molar-refractivity contribution in [1.29, 1.82) is 0 Å². The molecule has 1 aromatic carbocycles. The molecule has 0 spiro atoms. The highest BCUT2D eigenvalue weighted by molar-refractivity contribution is 7.81. The summed E-state index contributed by atoms with van der Waals surface area (Å²) in [6.45, 7) is 4.22. The summed E-state index contributed by atoms with van der Waals surface area (Å²) in [6.07, 6.45) is 6.36. The van der Waals surface area contributed by atoms with Crippen molar-refractivity contribution in [3.05, 3.63) is 23.8 Å². The fourth-order valence-corrected chi connectivity index (χ4v) is 7.25. The number of hydrogen-bond donors (Lipinski definition) is 0. The van der Waals surface area contributed by atoms with E-state index in [1.165, 1.54) is 20.6 Å². The minimum Gasteiger partial charge on any atom is -0.496 e. The zero-order chi connectivity index (χ0) is 18.4. The van der Waals surface area contributed by atoms with Crippen LogP contribution in [0.15, 0.2) is 18.2 Å². The van der Waals surface area contributed by atoms with E-state index in [1.807, 2.05) is 0 Å². The molecule has 0 aliphatic heterocycles. The van der Waals surface area contributed by atoms with Gasteiger partial charge in [-0.3, -0.25) is 4.79 Å². The second-order valence-electron chi connectivity index (χ2n) is 7.34. The molecule has 25 heavy (non-hydrogen) atoms. The highest BCUT2D eigenvalue weighted by Crippen LogP contribution is 2.60. The van der Waals surface area contributed by atoms with E-state index in [9.17, 15) is 9.36 Å². The smallest absolute Gasteiger partial charge is 0.229 e. The second-order valence-corrected chi connectivity index (χ2v) is 10.5. The van der Waals surface area contributed by atoms with Gasteiger partial charge < -0.3 is 14.0 Å². The van der Waals surface area contributed by atoms with Gasteiger partial charge in [0, 0.05) is 11.8 Å². The highest BCUT2D eigenvalue weighted by atomic mass is 31.2. The van der Waals surface area contributed by atoms with Gasteiger partial charge in [-0.2, -0.15) is 0 Å². The van der Waals surface area contributed by atoms with Crippen molar-refractivity contribution >= 4 is 12.7 Å². The maximum absolute atomic E-state index is 14.0. The Labute approximate surface area is 151 Å². The van der Waals surface area contributed by atoms with Crippen LogP contribution < -0.4 is 9.47 Å². The molecule has 140 valence electrons. The average Bonchev–Trinajstić information content (AvgIpc) is 2.65. The van der Waals surface area contributed by atoms with Gasteiger partial charge in [-0.05, 0) is 37.3 Å². The van der Waals surface area contributed by atoms with Crippen LogP contribution in [0.2, 0.25) is 0 Å². The first kappa shape index (κ1) is 20.0. The molecule has 0 N–H and O–H groups in total. The van der Waals surface area contributed by atoms with Gasteiger partial charge in [-0.1, -0.05) is 39.2 Å². The van der Waals surface area contributed by atoms with Crippen molar-refractivity contribution < 1.29 is 18.8 Å². The van der Waals surface area contributed by atoms with Crippen LogP contribution in [0.3, 0.4) is 0 Å². The lowest BCUT2D eigenvalue weighted by Crippen LogP contribution is -2.22. The van der Waals surface area contributed by atoms with Crippen LogP contribution in [-0.4, -0.2) is 31.6 Å². The van der Waals surface area contributed by atoms with E-state index < -0.39 is 7.14 Å². The number of benzene rings is 1. The molecule has 1 atom stereocenters. The van der Waals surface area contributed by atoms with E-state index in [1.54, 1.807) is 18.2 Å². The van der Waals surface area contributed by atoms with Crippen molar-refractivity contribution in [1.82, 2.24) is 0 Å². The monoisotopic (exact) mass is 366 g/mol. The summed E-state index contributed by atoms with van der Waals surface area (Å²) in [5, 5.41) is 0. The molecule has 1 aromatic rings. The van der Waals surface area contributed by atoms with Crippen molar-refractivity contribution in [3.63, 3.8) is 0 Å². The number of carbonyl (C=O) groups excluding carboxylic acids is 1. The lowest BCUT2D eigenvalue weighted by molar-refractivity contribution is 0.106. The van der Waals surface area contributed by atoms with Gasteiger partial charge in [0.1, 0.15) is 17.1 Å². The molecular formula is C20H31O4P. The number of hydrogen-bond acceptors (Lipinski definition) is 4. The van der Waals surface area contributed by atoms with E-state index in [2.05, 4.69) is 13.8 Å². The predicted molar refractivity (Wildman–Crippen MR) is 103 cm³/mol. The van der Waals surface area contributed by atoms with Gasteiger partial charge in [0.05, 0.1) is 14.2 Å². The molecule has 1 saturated carbocycles. The summed E-state index contributed by atoms with van der Waals surface area (Å²) < 4.78 is 24.8. The third kappa shape index (κ3) is 4.47. The zero-order valence-electron chi connectivity index (χ0n) is 15.9. The summed E-state index contributed by atoms with van der Waals surface area (Å²) in [7, 11) is 0.0252. The fraction of sp³-hybridized carbons (Fsp3) is 0.650. The van der Waals surface area contributed by atoms with E-state index in [-0.39, 0.29) is 11.2 Å². The van der Waals surface area contributed by atoms with Crippen LogP contribution in [-0.2, 0) is 4.57 Å². The molecule has 5 heteroatoms. The molecule has 2 rings (SSSR count). The van der Waals surface area contributed by atoms with E-state index in [0.29, 0.717) is 29.1 Å². The number of carbonyl (C=O) groups is 1. The van der Waals surface area contributed by atoms with E-state index in [0.717, 1.165) is 32.1 Å². The summed E-state index contributed by atoms with van der Waals surface area (Å²) in [6, 6.07) is 5.26. The third-order valence-corrected chi connectivity index (χ3v) is 8.72. The second kappa shape index (κ2) is 8.89. The number of methoxy groups -OCH3 is 2. The van der Waals surface area contributed by atoms with Crippen LogP contribution in [0.4, 0.5) is 0 Å². The Morgan fingerprint density at radius 3 is 2.16 bits per heavy atom. The summed E-state index contributed by atoms with van der Waals surface area (Å²) in [5.74, 6) is 1.32. The first-order chi connectivity index (χ1) is 11.9. The van der Waals surface area contributed by atoms with Crippen LogP contribution in [0, 0.1) is 5.92 Å². The summed E-state index contributed by atoms with van der Waals surface area (Å²) in [4.78, 5) is 13.5. The number of ether oxygens (including phenoxy) is 2. The maximum Gasteiger partial charge on any atom is 0.229 e. The van der Waals surface area contributed by atoms with E-state index in [4.69, 9.17) is 9.47 Å². The average molecular weight is 366 g/mol.